The highest BCUT2D eigenvalue weighted by Gasteiger charge is 2.42. The fourth-order valence-corrected chi connectivity index (χ4v) is 4.16. The summed E-state index contributed by atoms with van der Waals surface area (Å²) in [4.78, 5) is 43.0. The molecule has 1 aliphatic rings. The van der Waals surface area contributed by atoms with Gasteiger partial charge in [0.05, 0.1) is 23.7 Å². The molecule has 0 spiro atoms. The zero-order valence-corrected chi connectivity index (χ0v) is 19.9. The Hall–Kier alpha value is -3.57. The maximum Gasteiger partial charge on any atom is 0.267 e. The molecule has 0 unspecified atom stereocenters. The fraction of sp³-hybridized carbons (Fsp3) is 0.348. The number of pyridine rings is 1. The van der Waals surface area contributed by atoms with E-state index >= 15 is 0 Å². The first kappa shape index (κ1) is 26.0. The summed E-state index contributed by atoms with van der Waals surface area (Å²) < 4.78 is 19.8. The number of carbonyl (C=O) groups excluding carboxylic acids is 3. The number of halogens is 2. The second-order valence-corrected chi connectivity index (χ2v) is 8.37. The van der Waals surface area contributed by atoms with Crippen molar-refractivity contribution in [3.63, 3.8) is 0 Å². The molecule has 186 valence electrons. The number of methoxy groups -OCH3 is 1. The number of hydrogen-bond acceptors (Lipinski definition) is 7. The first-order valence-corrected chi connectivity index (χ1v) is 11.2. The third-order valence-electron chi connectivity index (χ3n) is 5.77. The first-order chi connectivity index (χ1) is 16.6. The lowest BCUT2D eigenvalue weighted by atomic mass is 10.1. The molecule has 1 aromatic heterocycles. The number of primary amides is 1. The van der Waals surface area contributed by atoms with Gasteiger partial charge in [-0.3, -0.25) is 19.8 Å². The smallest absolute Gasteiger partial charge is 0.267 e. The fourth-order valence-electron chi connectivity index (χ4n) is 3.97. The molecule has 1 aliphatic heterocycles. The van der Waals surface area contributed by atoms with Gasteiger partial charge in [-0.05, 0) is 31.5 Å². The van der Waals surface area contributed by atoms with Crippen molar-refractivity contribution >= 4 is 40.9 Å². The van der Waals surface area contributed by atoms with E-state index in [-0.39, 0.29) is 35.1 Å². The van der Waals surface area contributed by atoms with Gasteiger partial charge in [-0.2, -0.15) is 0 Å². The largest absolute Gasteiger partial charge is 0.379 e. The van der Waals surface area contributed by atoms with Crippen molar-refractivity contribution in [3.05, 3.63) is 58.5 Å². The molecule has 0 saturated carbocycles. The van der Waals surface area contributed by atoms with Gasteiger partial charge >= 0.3 is 0 Å². The molecule has 1 fully saturated rings. The van der Waals surface area contributed by atoms with E-state index in [0.29, 0.717) is 6.42 Å². The Kier molecular flexibility index (Phi) is 8.36. The minimum atomic E-state index is -0.939. The molecule has 3 amide bonds. The number of aromatic nitrogens is 1. The highest BCUT2D eigenvalue weighted by molar-refractivity contribution is 6.44. The molecule has 2 aromatic rings. The number of nitrogens with two attached hydrogens (primary N) is 1. The van der Waals surface area contributed by atoms with E-state index in [2.05, 4.69) is 15.6 Å². The lowest BCUT2D eigenvalue weighted by molar-refractivity contribution is -0.140. The lowest BCUT2D eigenvalue weighted by Gasteiger charge is -2.28. The Bertz CT molecular complexity index is 1150. The molecule has 0 bridgehead atoms. The van der Waals surface area contributed by atoms with Crippen molar-refractivity contribution in [3.8, 4) is 0 Å². The molecular weight excluding hydrogens is 479 g/mol. The predicted molar refractivity (Wildman–Crippen MR) is 128 cm³/mol. The van der Waals surface area contributed by atoms with Crippen LogP contribution >= 0.6 is 11.6 Å². The Balaban J connectivity index is 1.73. The molecule has 5 N–H and O–H groups in total. The molecule has 1 saturated heterocycles. The molecule has 12 heteroatoms. The second kappa shape index (κ2) is 11.2. The van der Waals surface area contributed by atoms with Crippen LogP contribution in [0.2, 0.25) is 5.02 Å². The maximum atomic E-state index is 14.4. The van der Waals surface area contributed by atoms with Gasteiger partial charge in [0, 0.05) is 31.0 Å². The van der Waals surface area contributed by atoms with E-state index in [1.54, 1.807) is 13.0 Å². The summed E-state index contributed by atoms with van der Waals surface area (Å²) in [5.74, 6) is -2.34. The number of benzene rings is 1. The molecule has 35 heavy (non-hydrogen) atoms. The van der Waals surface area contributed by atoms with Crippen LogP contribution in [0.4, 0.5) is 10.2 Å². The van der Waals surface area contributed by atoms with Crippen LogP contribution in [0.15, 0.2) is 36.5 Å². The van der Waals surface area contributed by atoms with Crippen molar-refractivity contribution in [2.45, 2.75) is 31.5 Å². The summed E-state index contributed by atoms with van der Waals surface area (Å²) in [5, 5.41) is 13.3. The van der Waals surface area contributed by atoms with Crippen LogP contribution in [0.25, 0.3) is 0 Å². The normalized spacial score (nSPS) is 18.1. The van der Waals surface area contributed by atoms with Gasteiger partial charge in [0.1, 0.15) is 23.4 Å². The summed E-state index contributed by atoms with van der Waals surface area (Å²) in [5.41, 5.74) is 5.11. The molecular formula is C23H26ClFN6O4. The lowest BCUT2D eigenvalue weighted by Crippen LogP contribution is -2.52. The van der Waals surface area contributed by atoms with E-state index in [1.165, 1.54) is 42.5 Å². The van der Waals surface area contributed by atoms with Crippen LogP contribution < -0.4 is 16.4 Å². The van der Waals surface area contributed by atoms with E-state index in [0.717, 1.165) is 0 Å². The third-order valence-corrected chi connectivity index (χ3v) is 6.06. The van der Waals surface area contributed by atoms with Gasteiger partial charge < -0.3 is 26.0 Å². The van der Waals surface area contributed by atoms with Crippen LogP contribution in [-0.2, 0) is 19.1 Å². The summed E-state index contributed by atoms with van der Waals surface area (Å²) >= 11 is 5.85. The molecule has 1 aromatic carbocycles. The molecule has 0 radical (unpaired) electrons. The van der Waals surface area contributed by atoms with Crippen molar-refractivity contribution in [2.24, 2.45) is 5.73 Å². The van der Waals surface area contributed by atoms with Gasteiger partial charge in [0.15, 0.2) is 0 Å². The van der Waals surface area contributed by atoms with Crippen molar-refractivity contribution in [1.82, 2.24) is 15.2 Å². The van der Waals surface area contributed by atoms with E-state index in [4.69, 9.17) is 27.5 Å². The molecule has 3 atom stereocenters. The number of rotatable bonds is 9. The van der Waals surface area contributed by atoms with Gasteiger partial charge in [0.25, 0.3) is 5.91 Å². The number of likely N-dealkylation sites (tertiary alicyclic amines) is 1. The summed E-state index contributed by atoms with van der Waals surface area (Å²) in [6.45, 7) is 1.63. The number of nitrogens with one attached hydrogen (secondary N) is 3. The van der Waals surface area contributed by atoms with Crippen molar-refractivity contribution in [1.29, 1.82) is 5.41 Å². The average molecular weight is 505 g/mol. The quantitative estimate of drug-likeness (QED) is 0.381. The summed E-state index contributed by atoms with van der Waals surface area (Å²) in [6.07, 6.45) is 1.32. The van der Waals surface area contributed by atoms with Crippen molar-refractivity contribution in [2.75, 3.05) is 25.5 Å². The number of amides is 3. The van der Waals surface area contributed by atoms with E-state index in [9.17, 15) is 18.8 Å². The topological polar surface area (TPSA) is 150 Å². The first-order valence-electron chi connectivity index (χ1n) is 10.8. The Labute approximate surface area is 206 Å². The minimum absolute atomic E-state index is 0.0552. The molecule has 2 heterocycles. The Morgan fingerprint density at radius 2 is 2.09 bits per heavy atom. The molecule has 10 nitrogen and oxygen atoms in total. The van der Waals surface area contributed by atoms with Crippen LogP contribution in [0.3, 0.4) is 0 Å². The van der Waals surface area contributed by atoms with Crippen LogP contribution in [-0.4, -0.2) is 65.7 Å². The SMILES string of the molecule is CO[C@@H]1CCN(C(=O)CNc2ncccc2C(=N)C(N)=O)[C@@H]1C(=O)N[C@H](C)c1cccc(Cl)c1F. The number of nitrogens with zero attached hydrogens (tertiary/aromatic N) is 2. The zero-order valence-electron chi connectivity index (χ0n) is 19.2. The number of anilines is 1. The third kappa shape index (κ3) is 5.75. The number of ether oxygens (including phenoxy) is 1. The molecule has 3 rings (SSSR count). The second-order valence-electron chi connectivity index (χ2n) is 7.96. The minimum Gasteiger partial charge on any atom is -0.379 e. The Morgan fingerprint density at radius 1 is 1.34 bits per heavy atom. The Morgan fingerprint density at radius 3 is 2.77 bits per heavy atom. The van der Waals surface area contributed by atoms with Gasteiger partial charge in [-0.25, -0.2) is 9.37 Å². The zero-order chi connectivity index (χ0) is 25.7. The van der Waals surface area contributed by atoms with Gasteiger partial charge in [-0.15, -0.1) is 0 Å². The highest BCUT2D eigenvalue weighted by atomic mass is 35.5. The monoisotopic (exact) mass is 504 g/mol. The van der Waals surface area contributed by atoms with Crippen LogP contribution in [0.5, 0.6) is 0 Å². The number of hydrogen-bond donors (Lipinski definition) is 4. The standard InChI is InChI=1S/C23H26ClFN6O4/c1-12(13-5-3-7-15(24)18(13)25)30-23(34)20-16(35-2)8-10-31(20)17(32)11-29-22-14(6-4-9-28-22)19(26)21(27)33/h3-7,9,12,16,20,26H,8,10-11H2,1-2H3,(H2,27,33)(H,28,29)(H,30,34)/t12-,16-,20+/m1/s1. The summed E-state index contributed by atoms with van der Waals surface area (Å²) in [6, 6.07) is 5.90. The van der Waals surface area contributed by atoms with Gasteiger partial charge in [0.2, 0.25) is 11.8 Å². The highest BCUT2D eigenvalue weighted by Crippen LogP contribution is 2.26. The predicted octanol–water partition coefficient (Wildman–Crippen LogP) is 1.63. The van der Waals surface area contributed by atoms with Crippen molar-refractivity contribution < 1.29 is 23.5 Å². The van der Waals surface area contributed by atoms with E-state index < -0.39 is 47.4 Å². The molecule has 0 aliphatic carbocycles. The summed E-state index contributed by atoms with van der Waals surface area (Å²) in [7, 11) is 1.45. The average Bonchev–Trinajstić information content (AvgIpc) is 3.28. The van der Waals surface area contributed by atoms with Gasteiger partial charge in [-0.1, -0.05) is 23.7 Å². The maximum absolute atomic E-state index is 14.4. The van der Waals surface area contributed by atoms with Crippen LogP contribution in [0.1, 0.15) is 30.5 Å². The number of carbonyl (C=O) groups is 3. The van der Waals surface area contributed by atoms with Crippen LogP contribution in [0, 0.1) is 11.2 Å². The van der Waals surface area contributed by atoms with E-state index in [1.807, 2.05) is 0 Å².